The Kier molecular flexibility index (Phi) is 5.63. The molecule has 0 aromatic heterocycles. The molecule has 1 atom stereocenters. The molecule has 1 aromatic carbocycles. The normalized spacial score (nSPS) is 15.5. The topological polar surface area (TPSA) is 44.7 Å². The molecule has 23 heavy (non-hydrogen) atoms. The van der Waals surface area contributed by atoms with Crippen molar-refractivity contribution in [2.75, 3.05) is 0 Å². The Labute approximate surface area is 131 Å². The van der Waals surface area contributed by atoms with Gasteiger partial charge in [-0.2, -0.15) is 13.2 Å². The highest BCUT2D eigenvalue weighted by Gasteiger charge is 2.41. The number of ether oxygens (including phenoxy) is 1. The van der Waals surface area contributed by atoms with E-state index in [1.165, 1.54) is 20.8 Å². The van der Waals surface area contributed by atoms with E-state index in [1.54, 1.807) is 0 Å². The summed E-state index contributed by atoms with van der Waals surface area (Å²) >= 11 is -2.18. The molecule has 0 aliphatic rings. The Bertz CT molecular complexity index is 560. The van der Waals surface area contributed by atoms with Gasteiger partial charge in [0.15, 0.2) is 0 Å². The van der Waals surface area contributed by atoms with Crippen molar-refractivity contribution in [2.45, 2.75) is 38.1 Å². The molecule has 0 saturated carbocycles. The minimum Gasteiger partial charge on any atom is -0.591 e. The summed E-state index contributed by atoms with van der Waals surface area (Å²) in [6.45, 7) is 4.34. The molecular weight excluding hydrogens is 348 g/mol. The lowest BCUT2D eigenvalue weighted by Gasteiger charge is -2.20. The van der Waals surface area contributed by atoms with E-state index in [0.717, 1.165) is 24.3 Å². The Balaban J connectivity index is 3.18. The summed E-state index contributed by atoms with van der Waals surface area (Å²) in [6, 6.07) is 2.99. The zero-order valence-electron chi connectivity index (χ0n) is 12.2. The van der Waals surface area contributed by atoms with Crippen LogP contribution in [0.15, 0.2) is 28.7 Å². The SMILES string of the molecule is CC(C)(C)[S+]([O-])/N=C(/c1ccc(OC(F)(F)F)cc1)C(F)(F)F. The first kappa shape index (κ1) is 19.6. The second-order valence-electron chi connectivity index (χ2n) is 5.37. The van der Waals surface area contributed by atoms with Gasteiger partial charge in [-0.25, -0.2) is 0 Å². The lowest BCUT2D eigenvalue weighted by Crippen LogP contribution is -2.31. The maximum Gasteiger partial charge on any atom is 0.573 e. The summed E-state index contributed by atoms with van der Waals surface area (Å²) < 4.78 is 92.8. The fraction of sp³-hybridized carbons (Fsp3) is 0.462. The molecule has 0 saturated heterocycles. The second-order valence-corrected chi connectivity index (χ2v) is 7.28. The lowest BCUT2D eigenvalue weighted by molar-refractivity contribution is -0.274. The van der Waals surface area contributed by atoms with Crippen LogP contribution in [0.4, 0.5) is 26.3 Å². The third kappa shape index (κ3) is 6.30. The first-order chi connectivity index (χ1) is 10.2. The first-order valence-electron chi connectivity index (χ1n) is 6.14. The van der Waals surface area contributed by atoms with Crippen LogP contribution >= 0.6 is 0 Å². The van der Waals surface area contributed by atoms with E-state index in [2.05, 4.69) is 9.13 Å². The summed E-state index contributed by atoms with van der Waals surface area (Å²) in [7, 11) is 0. The van der Waals surface area contributed by atoms with Gasteiger partial charge in [-0.3, -0.25) is 0 Å². The third-order valence-electron chi connectivity index (χ3n) is 2.33. The summed E-state index contributed by atoms with van der Waals surface area (Å²) in [6.07, 6.45) is -9.86. The van der Waals surface area contributed by atoms with Crippen LogP contribution in [0.2, 0.25) is 0 Å². The molecule has 0 spiro atoms. The molecule has 0 aliphatic carbocycles. The number of hydrogen-bond acceptors (Lipinski definition) is 3. The summed E-state index contributed by atoms with van der Waals surface area (Å²) in [5, 5.41) is 0. The van der Waals surface area contributed by atoms with Crippen molar-refractivity contribution < 1.29 is 35.6 Å². The molecule has 130 valence electrons. The van der Waals surface area contributed by atoms with Gasteiger partial charge in [0, 0.05) is 5.56 Å². The van der Waals surface area contributed by atoms with Crippen molar-refractivity contribution in [2.24, 2.45) is 4.40 Å². The molecule has 0 aliphatic heterocycles. The van der Waals surface area contributed by atoms with Gasteiger partial charge in [-0.15, -0.1) is 13.2 Å². The predicted molar refractivity (Wildman–Crippen MR) is 73.6 cm³/mol. The van der Waals surface area contributed by atoms with E-state index >= 15 is 0 Å². The van der Waals surface area contributed by atoms with Crippen molar-refractivity contribution >= 4 is 17.1 Å². The average molecular weight is 361 g/mol. The van der Waals surface area contributed by atoms with Gasteiger partial charge in [0.25, 0.3) is 0 Å². The molecule has 10 heteroatoms. The van der Waals surface area contributed by atoms with Crippen LogP contribution in [0.25, 0.3) is 0 Å². The standard InChI is InChI=1S/C13H13F6NO2S/c1-11(2,3)23(21)20-10(12(14,15)16)8-4-6-9(7-5-8)22-13(17,18)19/h4-7H,1-3H3/b20-10-. The number of halogens is 6. The maximum absolute atomic E-state index is 13.0. The van der Waals surface area contributed by atoms with Crippen LogP contribution in [0.5, 0.6) is 5.75 Å². The highest BCUT2D eigenvalue weighted by molar-refractivity contribution is 7.91. The average Bonchev–Trinajstić information content (AvgIpc) is 2.32. The molecule has 0 radical (unpaired) electrons. The van der Waals surface area contributed by atoms with Gasteiger partial charge in [0.2, 0.25) is 5.71 Å². The molecular formula is C13H13F6NO2S. The molecule has 0 bridgehead atoms. The van der Waals surface area contributed by atoms with Gasteiger partial charge in [0.05, 0.1) is 0 Å². The summed E-state index contributed by atoms with van der Waals surface area (Å²) in [5.74, 6) is -0.667. The summed E-state index contributed by atoms with van der Waals surface area (Å²) in [4.78, 5) is 0. The van der Waals surface area contributed by atoms with E-state index in [-0.39, 0.29) is 0 Å². The highest BCUT2D eigenvalue weighted by Crippen LogP contribution is 2.29. The van der Waals surface area contributed by atoms with E-state index in [4.69, 9.17) is 0 Å². The van der Waals surface area contributed by atoms with Gasteiger partial charge < -0.3 is 9.29 Å². The van der Waals surface area contributed by atoms with Crippen LogP contribution in [0, 0.1) is 0 Å². The van der Waals surface area contributed by atoms with E-state index in [0.29, 0.717) is 0 Å². The quantitative estimate of drug-likeness (QED) is 0.455. The number of rotatable bonds is 3. The van der Waals surface area contributed by atoms with Gasteiger partial charge in [-0.05, 0) is 45.0 Å². The molecule has 1 aromatic rings. The number of benzene rings is 1. The van der Waals surface area contributed by atoms with Crippen molar-refractivity contribution in [1.29, 1.82) is 0 Å². The molecule has 1 rings (SSSR count). The largest absolute Gasteiger partial charge is 0.591 e. The maximum atomic E-state index is 13.0. The Hall–Kier alpha value is -1.42. The fourth-order valence-corrected chi connectivity index (χ4v) is 1.95. The lowest BCUT2D eigenvalue weighted by atomic mass is 10.1. The Morgan fingerprint density at radius 3 is 1.83 bits per heavy atom. The number of alkyl halides is 6. The van der Waals surface area contributed by atoms with Crippen LogP contribution in [-0.4, -0.2) is 27.6 Å². The number of hydrogen-bond donors (Lipinski definition) is 0. The van der Waals surface area contributed by atoms with Crippen LogP contribution in [0.3, 0.4) is 0 Å². The van der Waals surface area contributed by atoms with Crippen LogP contribution < -0.4 is 4.74 Å². The van der Waals surface area contributed by atoms with E-state index < -0.39 is 45.7 Å². The predicted octanol–water partition coefficient (Wildman–Crippen LogP) is 4.40. The Morgan fingerprint density at radius 2 is 1.48 bits per heavy atom. The minimum absolute atomic E-state index is 0.510. The van der Waals surface area contributed by atoms with Crippen molar-refractivity contribution in [3.05, 3.63) is 29.8 Å². The van der Waals surface area contributed by atoms with Gasteiger partial charge >= 0.3 is 12.5 Å². The van der Waals surface area contributed by atoms with Crippen LogP contribution in [0.1, 0.15) is 26.3 Å². The van der Waals surface area contributed by atoms with Crippen molar-refractivity contribution in [3.8, 4) is 5.75 Å². The van der Waals surface area contributed by atoms with E-state index in [1.807, 2.05) is 0 Å². The summed E-state index contributed by atoms with van der Waals surface area (Å²) in [5.41, 5.74) is -1.94. The second kappa shape index (κ2) is 6.60. The molecule has 0 heterocycles. The van der Waals surface area contributed by atoms with Crippen molar-refractivity contribution in [1.82, 2.24) is 0 Å². The molecule has 0 amide bonds. The third-order valence-corrected chi connectivity index (χ3v) is 3.72. The molecule has 1 unspecified atom stereocenters. The van der Waals surface area contributed by atoms with E-state index in [9.17, 15) is 30.9 Å². The van der Waals surface area contributed by atoms with Crippen molar-refractivity contribution in [3.63, 3.8) is 0 Å². The highest BCUT2D eigenvalue weighted by atomic mass is 32.2. The molecule has 0 fully saturated rings. The van der Waals surface area contributed by atoms with Gasteiger partial charge in [0.1, 0.15) is 21.9 Å². The van der Waals surface area contributed by atoms with Gasteiger partial charge in [-0.1, -0.05) is 4.40 Å². The Morgan fingerprint density at radius 1 is 1.00 bits per heavy atom. The smallest absolute Gasteiger partial charge is 0.573 e. The zero-order valence-corrected chi connectivity index (χ0v) is 13.1. The minimum atomic E-state index is -4.95. The zero-order chi connectivity index (χ0) is 18.1. The monoisotopic (exact) mass is 361 g/mol. The number of nitrogens with zero attached hydrogens (tertiary/aromatic N) is 1. The first-order valence-corrected chi connectivity index (χ1v) is 7.25. The fourth-order valence-electron chi connectivity index (χ4n) is 1.30. The molecule has 3 nitrogen and oxygen atoms in total. The molecule has 0 N–H and O–H groups in total. The van der Waals surface area contributed by atoms with Crippen LogP contribution in [-0.2, 0) is 11.4 Å².